The summed E-state index contributed by atoms with van der Waals surface area (Å²) in [5, 5.41) is 14.1. The molecular weight excluding hydrogens is 391 g/mol. The van der Waals surface area contributed by atoms with Gasteiger partial charge in [-0.15, -0.1) is 11.3 Å². The first-order valence-corrected chi connectivity index (χ1v) is 10.9. The molecule has 2 aromatic rings. The summed E-state index contributed by atoms with van der Waals surface area (Å²) in [6.07, 6.45) is 0.815. The van der Waals surface area contributed by atoms with Crippen LogP contribution in [-0.4, -0.2) is 77.0 Å². The predicted octanol–water partition coefficient (Wildman–Crippen LogP) is 2.15. The zero-order valence-electron chi connectivity index (χ0n) is 16.7. The van der Waals surface area contributed by atoms with Crippen molar-refractivity contribution in [3.8, 4) is 0 Å². The third-order valence-corrected chi connectivity index (χ3v) is 6.80. The SMILES string of the molecule is CN1CCN(Cc2nc(C3(O)CCN(C(=O)c4ccccc4F)CC3)cs2)CC1. The zero-order valence-corrected chi connectivity index (χ0v) is 17.5. The minimum Gasteiger partial charge on any atom is -0.383 e. The van der Waals surface area contributed by atoms with Crippen molar-refractivity contribution in [2.24, 2.45) is 0 Å². The molecule has 1 aromatic carbocycles. The number of hydrogen-bond donors (Lipinski definition) is 1. The van der Waals surface area contributed by atoms with Gasteiger partial charge in [0, 0.05) is 44.6 Å². The summed E-state index contributed by atoms with van der Waals surface area (Å²) in [6.45, 7) is 5.77. The number of halogens is 1. The number of hydrogen-bond acceptors (Lipinski definition) is 6. The number of likely N-dealkylation sites (tertiary alicyclic amines) is 1. The summed E-state index contributed by atoms with van der Waals surface area (Å²) >= 11 is 1.59. The van der Waals surface area contributed by atoms with E-state index in [4.69, 9.17) is 4.98 Å². The molecule has 0 saturated carbocycles. The number of piperidine rings is 1. The largest absolute Gasteiger partial charge is 0.383 e. The van der Waals surface area contributed by atoms with Gasteiger partial charge in [-0.2, -0.15) is 0 Å². The van der Waals surface area contributed by atoms with Crippen molar-refractivity contribution in [3.63, 3.8) is 0 Å². The van der Waals surface area contributed by atoms with Crippen molar-refractivity contribution in [1.82, 2.24) is 19.7 Å². The normalized spacial score (nSPS) is 20.7. The first-order valence-electron chi connectivity index (χ1n) is 10.1. The standard InChI is InChI=1S/C21H27FN4O2S/c1-24-10-12-25(13-11-24)14-19-23-18(15-29-19)21(28)6-8-26(9-7-21)20(27)16-4-2-3-5-17(16)22/h2-5,15,28H,6-14H2,1H3. The van der Waals surface area contributed by atoms with E-state index in [9.17, 15) is 14.3 Å². The van der Waals surface area contributed by atoms with Crippen LogP contribution in [0.5, 0.6) is 0 Å². The van der Waals surface area contributed by atoms with Crippen LogP contribution < -0.4 is 0 Å². The molecule has 0 unspecified atom stereocenters. The molecule has 2 aliphatic heterocycles. The fourth-order valence-electron chi connectivity index (χ4n) is 3.94. The summed E-state index contributed by atoms with van der Waals surface area (Å²) in [7, 11) is 2.14. The quantitative estimate of drug-likeness (QED) is 0.825. The number of aromatic nitrogens is 1. The average molecular weight is 419 g/mol. The van der Waals surface area contributed by atoms with E-state index in [1.165, 1.54) is 12.1 Å². The Morgan fingerprint density at radius 3 is 2.55 bits per heavy atom. The van der Waals surface area contributed by atoms with Crippen LogP contribution in [-0.2, 0) is 12.1 Å². The topological polar surface area (TPSA) is 59.9 Å². The molecule has 2 fully saturated rings. The van der Waals surface area contributed by atoms with E-state index >= 15 is 0 Å². The Balaban J connectivity index is 1.36. The number of amides is 1. The van der Waals surface area contributed by atoms with Gasteiger partial charge in [0.15, 0.2) is 0 Å². The third kappa shape index (κ3) is 4.50. The van der Waals surface area contributed by atoms with Crippen LogP contribution in [0.4, 0.5) is 4.39 Å². The Labute approximate surface area is 174 Å². The van der Waals surface area contributed by atoms with Crippen molar-refractivity contribution in [2.75, 3.05) is 46.3 Å². The van der Waals surface area contributed by atoms with Crippen LogP contribution in [0, 0.1) is 5.82 Å². The van der Waals surface area contributed by atoms with Gasteiger partial charge >= 0.3 is 0 Å². The average Bonchev–Trinajstić information content (AvgIpc) is 3.20. The first kappa shape index (κ1) is 20.4. The van der Waals surface area contributed by atoms with Gasteiger partial charge in [0.1, 0.15) is 16.4 Å². The van der Waals surface area contributed by atoms with E-state index in [0.717, 1.165) is 37.7 Å². The fourth-order valence-corrected chi connectivity index (χ4v) is 4.86. The minimum absolute atomic E-state index is 0.0843. The van der Waals surface area contributed by atoms with Gasteiger partial charge < -0.3 is 14.9 Å². The van der Waals surface area contributed by atoms with Crippen LogP contribution in [0.3, 0.4) is 0 Å². The van der Waals surface area contributed by atoms with Gasteiger partial charge in [0.05, 0.1) is 17.8 Å². The predicted molar refractivity (Wildman–Crippen MR) is 110 cm³/mol. The summed E-state index contributed by atoms with van der Waals surface area (Å²) in [4.78, 5) is 23.6. The van der Waals surface area contributed by atoms with E-state index in [-0.39, 0.29) is 11.5 Å². The van der Waals surface area contributed by atoms with Crippen LogP contribution in [0.2, 0.25) is 0 Å². The van der Waals surface area contributed by atoms with E-state index in [1.807, 2.05) is 5.38 Å². The lowest BCUT2D eigenvalue weighted by Crippen LogP contribution is -2.45. The van der Waals surface area contributed by atoms with Crippen molar-refractivity contribution >= 4 is 17.2 Å². The number of aliphatic hydroxyl groups is 1. The molecule has 0 spiro atoms. The fraction of sp³-hybridized carbons (Fsp3) is 0.524. The second-order valence-corrected chi connectivity index (χ2v) is 8.95. The highest BCUT2D eigenvalue weighted by atomic mass is 32.1. The molecule has 4 rings (SSSR count). The van der Waals surface area contributed by atoms with Crippen LogP contribution >= 0.6 is 11.3 Å². The Bertz CT molecular complexity index is 858. The molecule has 3 heterocycles. The summed E-state index contributed by atoms with van der Waals surface area (Å²) in [5.74, 6) is -0.828. The summed E-state index contributed by atoms with van der Waals surface area (Å²) < 4.78 is 13.9. The van der Waals surface area contributed by atoms with Crippen LogP contribution in [0.15, 0.2) is 29.6 Å². The molecule has 1 aromatic heterocycles. The molecule has 156 valence electrons. The highest BCUT2D eigenvalue weighted by molar-refractivity contribution is 7.09. The van der Waals surface area contributed by atoms with E-state index < -0.39 is 11.4 Å². The molecule has 0 atom stereocenters. The molecule has 29 heavy (non-hydrogen) atoms. The zero-order chi connectivity index (χ0) is 20.4. The van der Waals surface area contributed by atoms with Gasteiger partial charge in [-0.1, -0.05) is 12.1 Å². The van der Waals surface area contributed by atoms with Crippen molar-refractivity contribution < 1.29 is 14.3 Å². The van der Waals surface area contributed by atoms with Gasteiger partial charge in [0.25, 0.3) is 5.91 Å². The highest BCUT2D eigenvalue weighted by Gasteiger charge is 2.38. The number of piperazine rings is 1. The van der Waals surface area contributed by atoms with Crippen LogP contribution in [0.1, 0.15) is 33.9 Å². The van der Waals surface area contributed by atoms with Gasteiger partial charge in [-0.05, 0) is 32.0 Å². The first-order chi connectivity index (χ1) is 13.9. The van der Waals surface area contributed by atoms with E-state index in [0.29, 0.717) is 31.6 Å². The van der Waals surface area contributed by atoms with Crippen molar-refractivity contribution in [1.29, 1.82) is 0 Å². The third-order valence-electron chi connectivity index (χ3n) is 5.97. The van der Waals surface area contributed by atoms with Crippen molar-refractivity contribution in [3.05, 3.63) is 51.7 Å². The second kappa shape index (κ2) is 8.47. The number of rotatable bonds is 4. The van der Waals surface area contributed by atoms with Crippen molar-refractivity contribution in [2.45, 2.75) is 25.0 Å². The number of carbonyl (C=O) groups is 1. The molecule has 6 nitrogen and oxygen atoms in total. The highest BCUT2D eigenvalue weighted by Crippen LogP contribution is 2.34. The molecule has 8 heteroatoms. The molecule has 0 aliphatic carbocycles. The minimum atomic E-state index is -1.02. The lowest BCUT2D eigenvalue weighted by Gasteiger charge is -2.37. The molecular formula is C21H27FN4O2S. The smallest absolute Gasteiger partial charge is 0.256 e. The Morgan fingerprint density at radius 2 is 1.86 bits per heavy atom. The molecule has 1 amide bonds. The molecule has 1 N–H and O–H groups in total. The molecule has 0 radical (unpaired) electrons. The molecule has 2 saturated heterocycles. The summed E-state index contributed by atoms with van der Waals surface area (Å²) in [5.41, 5.74) is -0.242. The Hall–Kier alpha value is -1.87. The maximum atomic E-state index is 13.9. The Kier molecular flexibility index (Phi) is 5.96. The number of carbonyl (C=O) groups excluding carboxylic acids is 1. The van der Waals surface area contributed by atoms with Gasteiger partial charge in [-0.25, -0.2) is 9.37 Å². The maximum Gasteiger partial charge on any atom is 0.256 e. The van der Waals surface area contributed by atoms with Gasteiger partial charge in [-0.3, -0.25) is 9.69 Å². The molecule has 0 bridgehead atoms. The summed E-state index contributed by atoms with van der Waals surface area (Å²) in [6, 6.07) is 6.03. The Morgan fingerprint density at radius 1 is 1.17 bits per heavy atom. The molecule has 2 aliphatic rings. The number of benzene rings is 1. The number of thiazole rings is 1. The lowest BCUT2D eigenvalue weighted by atomic mass is 9.88. The van der Waals surface area contributed by atoms with E-state index in [1.54, 1.807) is 28.4 Å². The van der Waals surface area contributed by atoms with Crippen LogP contribution in [0.25, 0.3) is 0 Å². The maximum absolute atomic E-state index is 13.9. The number of likely N-dealkylation sites (N-methyl/N-ethyl adjacent to an activating group) is 1. The lowest BCUT2D eigenvalue weighted by molar-refractivity contribution is -0.0242. The van der Waals surface area contributed by atoms with Gasteiger partial charge in [0.2, 0.25) is 0 Å². The monoisotopic (exact) mass is 418 g/mol. The second-order valence-electron chi connectivity index (χ2n) is 8.01. The van der Waals surface area contributed by atoms with E-state index in [2.05, 4.69) is 16.8 Å². The number of nitrogens with zero attached hydrogens (tertiary/aromatic N) is 4.